The molecule has 0 saturated carbocycles. The van der Waals surface area contributed by atoms with Crippen molar-refractivity contribution in [2.45, 2.75) is 58.3 Å². The summed E-state index contributed by atoms with van der Waals surface area (Å²) < 4.78 is 36.2. The molecule has 0 bridgehead atoms. The lowest BCUT2D eigenvalue weighted by Crippen LogP contribution is -2.63. The van der Waals surface area contributed by atoms with Crippen molar-refractivity contribution in [2.24, 2.45) is 5.92 Å². The Morgan fingerprint density at radius 3 is 2.35 bits per heavy atom. The Hall–Kier alpha value is -1.27. The number of hydrogen-bond acceptors (Lipinski definition) is 2. The highest BCUT2D eigenvalue weighted by Crippen LogP contribution is 2.23. The van der Waals surface area contributed by atoms with E-state index in [1.807, 2.05) is 13.8 Å². The van der Waals surface area contributed by atoms with Gasteiger partial charge in [0.15, 0.2) is 0 Å². The van der Waals surface area contributed by atoms with Crippen LogP contribution in [0.25, 0.3) is 0 Å². The Balaban J connectivity index is 2.57. The van der Waals surface area contributed by atoms with Gasteiger partial charge in [-0.05, 0) is 25.7 Å². The largest absolute Gasteiger partial charge is 0.389 e. The van der Waals surface area contributed by atoms with E-state index < -0.39 is 24.7 Å². The Morgan fingerprint density at radius 2 is 1.85 bits per heavy atom. The second-order valence-corrected chi connectivity index (χ2v) is 5.51. The van der Waals surface area contributed by atoms with Crippen molar-refractivity contribution in [1.29, 1.82) is 0 Å². The third-order valence-electron chi connectivity index (χ3n) is 3.47. The maximum atomic E-state index is 12.2. The van der Waals surface area contributed by atoms with E-state index in [0.29, 0.717) is 0 Å². The average molecular weight is 294 g/mol. The highest BCUT2D eigenvalue weighted by molar-refractivity contribution is 5.96. The fourth-order valence-corrected chi connectivity index (χ4v) is 2.21. The smallest absolute Gasteiger partial charge is 0.342 e. The second-order valence-electron chi connectivity index (χ2n) is 5.51. The zero-order chi connectivity index (χ0) is 15.5. The molecule has 0 radical (unpaired) electrons. The summed E-state index contributed by atoms with van der Waals surface area (Å²) in [5, 5.41) is 2.65. The van der Waals surface area contributed by atoms with Crippen LogP contribution in [-0.4, -0.2) is 41.5 Å². The number of nitrogens with one attached hydrogen (secondary N) is 1. The number of unbranched alkanes of at least 4 members (excludes halogenated alkanes) is 1. The molecule has 20 heavy (non-hydrogen) atoms. The number of halogens is 3. The van der Waals surface area contributed by atoms with Crippen LogP contribution in [0, 0.1) is 5.92 Å². The molecule has 4 nitrogen and oxygen atoms in total. The van der Waals surface area contributed by atoms with Crippen molar-refractivity contribution in [3.8, 4) is 0 Å². The number of alkyl halides is 3. The lowest BCUT2D eigenvalue weighted by molar-refractivity contribution is -0.150. The van der Waals surface area contributed by atoms with Gasteiger partial charge in [0.25, 0.3) is 0 Å². The summed E-state index contributed by atoms with van der Waals surface area (Å²) in [6, 6.07) is -1.20. The van der Waals surface area contributed by atoms with Gasteiger partial charge in [0.05, 0.1) is 0 Å². The first-order valence-corrected chi connectivity index (χ1v) is 6.81. The normalized spacial score (nSPS) is 24.2. The van der Waals surface area contributed by atoms with Crippen LogP contribution in [0.4, 0.5) is 13.2 Å². The standard InChI is InChI=1S/C13H21F3N2O2/c1-8(2)10-12(20)18(9(3)11(19)17-10)7-5-4-6-13(14,15)16/h8-10H,4-7H2,1-3H3,(H,17,19). The predicted octanol–water partition coefficient (Wildman–Crippen LogP) is 2.09. The molecule has 2 unspecified atom stereocenters. The third-order valence-corrected chi connectivity index (χ3v) is 3.47. The molecule has 1 saturated heterocycles. The number of rotatable bonds is 5. The van der Waals surface area contributed by atoms with Gasteiger partial charge < -0.3 is 10.2 Å². The predicted molar refractivity (Wildman–Crippen MR) is 67.8 cm³/mol. The molecule has 2 amide bonds. The number of carbonyl (C=O) groups is 2. The van der Waals surface area contributed by atoms with Gasteiger partial charge in [-0.3, -0.25) is 9.59 Å². The van der Waals surface area contributed by atoms with E-state index in [4.69, 9.17) is 0 Å². The molecule has 0 aromatic rings. The van der Waals surface area contributed by atoms with Gasteiger partial charge >= 0.3 is 6.18 Å². The molecule has 1 rings (SSSR count). The molecule has 0 aromatic carbocycles. The molecule has 1 heterocycles. The summed E-state index contributed by atoms with van der Waals surface area (Å²) in [6.07, 6.45) is -4.82. The Labute approximate surface area is 116 Å². The van der Waals surface area contributed by atoms with Crippen LogP contribution in [0.15, 0.2) is 0 Å². The minimum Gasteiger partial charge on any atom is -0.342 e. The van der Waals surface area contributed by atoms with Gasteiger partial charge in [-0.15, -0.1) is 0 Å². The number of piperazine rings is 1. The molecule has 1 aliphatic rings. The molecule has 1 N–H and O–H groups in total. The first-order chi connectivity index (χ1) is 9.13. The van der Waals surface area contributed by atoms with Gasteiger partial charge in [0.1, 0.15) is 12.1 Å². The summed E-state index contributed by atoms with van der Waals surface area (Å²) in [7, 11) is 0. The fraction of sp³-hybridized carbons (Fsp3) is 0.846. The topological polar surface area (TPSA) is 49.4 Å². The Morgan fingerprint density at radius 1 is 1.25 bits per heavy atom. The number of nitrogens with zero attached hydrogens (tertiary/aromatic N) is 1. The van der Waals surface area contributed by atoms with Crippen LogP contribution in [-0.2, 0) is 9.59 Å². The molecular formula is C13H21F3N2O2. The van der Waals surface area contributed by atoms with Crippen LogP contribution in [0.3, 0.4) is 0 Å². The Bertz CT molecular complexity index is 369. The summed E-state index contributed by atoms with van der Waals surface area (Å²) in [6.45, 7) is 5.42. The Kier molecular flexibility index (Phi) is 5.42. The maximum Gasteiger partial charge on any atom is 0.389 e. The zero-order valence-electron chi connectivity index (χ0n) is 12.0. The van der Waals surface area contributed by atoms with E-state index in [-0.39, 0.29) is 37.1 Å². The summed E-state index contributed by atoms with van der Waals surface area (Å²) in [4.78, 5) is 25.4. The van der Waals surface area contributed by atoms with Crippen LogP contribution in [0.1, 0.15) is 40.0 Å². The highest BCUT2D eigenvalue weighted by Gasteiger charge is 2.39. The van der Waals surface area contributed by atoms with E-state index in [0.717, 1.165) is 0 Å². The molecule has 1 aliphatic heterocycles. The zero-order valence-corrected chi connectivity index (χ0v) is 12.0. The van der Waals surface area contributed by atoms with E-state index in [1.165, 1.54) is 4.90 Å². The molecule has 0 aromatic heterocycles. The van der Waals surface area contributed by atoms with Gasteiger partial charge in [-0.25, -0.2) is 0 Å². The molecule has 0 spiro atoms. The fourth-order valence-electron chi connectivity index (χ4n) is 2.21. The van der Waals surface area contributed by atoms with Crippen molar-refractivity contribution < 1.29 is 22.8 Å². The minimum absolute atomic E-state index is 0.0338. The SMILES string of the molecule is CC(C)C1NC(=O)C(C)N(CCCCC(F)(F)F)C1=O. The van der Waals surface area contributed by atoms with Crippen molar-refractivity contribution in [3.05, 3.63) is 0 Å². The molecule has 116 valence electrons. The van der Waals surface area contributed by atoms with Gasteiger partial charge in [0, 0.05) is 13.0 Å². The van der Waals surface area contributed by atoms with Crippen LogP contribution in [0.5, 0.6) is 0 Å². The van der Waals surface area contributed by atoms with Gasteiger partial charge in [-0.1, -0.05) is 13.8 Å². The third kappa shape index (κ3) is 4.38. The van der Waals surface area contributed by atoms with E-state index >= 15 is 0 Å². The van der Waals surface area contributed by atoms with E-state index in [9.17, 15) is 22.8 Å². The molecular weight excluding hydrogens is 273 g/mol. The van der Waals surface area contributed by atoms with Crippen LogP contribution >= 0.6 is 0 Å². The van der Waals surface area contributed by atoms with E-state index in [1.54, 1.807) is 6.92 Å². The second kappa shape index (κ2) is 6.45. The highest BCUT2D eigenvalue weighted by atomic mass is 19.4. The summed E-state index contributed by atoms with van der Waals surface area (Å²) >= 11 is 0. The number of amides is 2. The molecule has 0 aliphatic carbocycles. The molecule has 1 fully saturated rings. The minimum atomic E-state index is -4.17. The van der Waals surface area contributed by atoms with Crippen molar-refractivity contribution in [3.63, 3.8) is 0 Å². The molecule has 2 atom stereocenters. The first kappa shape index (κ1) is 16.8. The quantitative estimate of drug-likeness (QED) is 0.789. The number of carbonyl (C=O) groups excluding carboxylic acids is 2. The van der Waals surface area contributed by atoms with Crippen molar-refractivity contribution >= 4 is 11.8 Å². The summed E-state index contributed by atoms with van der Waals surface area (Å²) in [5.74, 6) is -0.505. The average Bonchev–Trinajstić information content (AvgIpc) is 2.31. The number of hydrogen-bond donors (Lipinski definition) is 1. The van der Waals surface area contributed by atoms with Gasteiger partial charge in [0.2, 0.25) is 11.8 Å². The lowest BCUT2D eigenvalue weighted by atomic mass is 9.98. The van der Waals surface area contributed by atoms with E-state index in [2.05, 4.69) is 5.32 Å². The van der Waals surface area contributed by atoms with Crippen molar-refractivity contribution in [2.75, 3.05) is 6.54 Å². The monoisotopic (exact) mass is 294 g/mol. The van der Waals surface area contributed by atoms with Crippen LogP contribution < -0.4 is 5.32 Å². The summed E-state index contributed by atoms with van der Waals surface area (Å²) in [5.41, 5.74) is 0. The van der Waals surface area contributed by atoms with Crippen molar-refractivity contribution in [1.82, 2.24) is 10.2 Å². The maximum absolute atomic E-state index is 12.2. The van der Waals surface area contributed by atoms with Crippen LogP contribution in [0.2, 0.25) is 0 Å². The van der Waals surface area contributed by atoms with Gasteiger partial charge in [-0.2, -0.15) is 13.2 Å². The lowest BCUT2D eigenvalue weighted by Gasteiger charge is -2.38. The molecule has 7 heteroatoms. The first-order valence-electron chi connectivity index (χ1n) is 6.81.